The maximum absolute atomic E-state index is 12.1. The van der Waals surface area contributed by atoms with Crippen molar-refractivity contribution in [2.24, 2.45) is 0 Å². The Morgan fingerprint density at radius 1 is 0.963 bits per heavy atom. The minimum atomic E-state index is -0.343. The Morgan fingerprint density at radius 3 is 2.26 bits per heavy atom. The third kappa shape index (κ3) is 4.93. The van der Waals surface area contributed by atoms with E-state index in [-0.39, 0.29) is 23.2 Å². The normalized spacial score (nSPS) is 10.0. The smallest absolute Gasteiger partial charge is 0.254 e. The standard InChI is InChI=1S/C18H14N6O2S/c19-7-15-21-9-14(10-22-15)18(26)23-8-12-1-3-13(4-2-12)17(25)24-11-16-20-5-6-27-16/h1-6,9-10H,8,11H2,(H,23,26)(H,24,25). The number of nitrogens with zero attached hydrogens (tertiary/aromatic N) is 4. The average Bonchev–Trinajstić information content (AvgIpc) is 3.24. The van der Waals surface area contributed by atoms with Gasteiger partial charge in [0, 0.05) is 36.1 Å². The van der Waals surface area contributed by atoms with Crippen molar-refractivity contribution in [3.63, 3.8) is 0 Å². The van der Waals surface area contributed by atoms with Gasteiger partial charge < -0.3 is 10.6 Å². The van der Waals surface area contributed by atoms with Crippen molar-refractivity contribution in [1.29, 1.82) is 5.26 Å². The van der Waals surface area contributed by atoms with Gasteiger partial charge in [0.2, 0.25) is 5.82 Å². The highest BCUT2D eigenvalue weighted by Crippen LogP contribution is 2.07. The summed E-state index contributed by atoms with van der Waals surface area (Å²) >= 11 is 1.48. The number of nitrogens with one attached hydrogen (secondary N) is 2. The zero-order valence-electron chi connectivity index (χ0n) is 14.0. The summed E-state index contributed by atoms with van der Waals surface area (Å²) in [5.41, 5.74) is 1.64. The van der Waals surface area contributed by atoms with Gasteiger partial charge in [-0.1, -0.05) is 12.1 Å². The quantitative estimate of drug-likeness (QED) is 0.673. The number of thiazole rings is 1. The van der Waals surface area contributed by atoms with Crippen LogP contribution in [0.3, 0.4) is 0 Å². The number of rotatable bonds is 6. The third-order valence-corrected chi connectivity index (χ3v) is 4.35. The molecule has 134 valence electrons. The molecule has 0 atom stereocenters. The highest BCUT2D eigenvalue weighted by Gasteiger charge is 2.09. The molecule has 3 rings (SSSR count). The van der Waals surface area contributed by atoms with Gasteiger partial charge in [-0.05, 0) is 17.7 Å². The van der Waals surface area contributed by atoms with E-state index in [0.29, 0.717) is 18.7 Å². The maximum atomic E-state index is 12.1. The number of carbonyl (C=O) groups excluding carboxylic acids is 2. The number of amides is 2. The van der Waals surface area contributed by atoms with Crippen molar-refractivity contribution < 1.29 is 9.59 Å². The van der Waals surface area contributed by atoms with E-state index in [9.17, 15) is 9.59 Å². The molecular weight excluding hydrogens is 364 g/mol. The minimum Gasteiger partial charge on any atom is -0.348 e. The van der Waals surface area contributed by atoms with Crippen molar-refractivity contribution in [3.8, 4) is 6.07 Å². The molecular formula is C18H14N6O2S. The number of nitriles is 1. The second-order valence-corrected chi connectivity index (χ2v) is 6.37. The monoisotopic (exact) mass is 378 g/mol. The lowest BCUT2D eigenvalue weighted by atomic mass is 10.1. The van der Waals surface area contributed by atoms with E-state index < -0.39 is 0 Å². The molecule has 1 aromatic carbocycles. The van der Waals surface area contributed by atoms with Crippen LogP contribution >= 0.6 is 11.3 Å². The number of hydrogen-bond acceptors (Lipinski definition) is 7. The Balaban J connectivity index is 1.51. The fraction of sp³-hybridized carbons (Fsp3) is 0.111. The van der Waals surface area contributed by atoms with Crippen molar-refractivity contribution in [3.05, 3.63) is 75.8 Å². The summed E-state index contributed by atoms with van der Waals surface area (Å²) in [4.78, 5) is 35.8. The van der Waals surface area contributed by atoms with Gasteiger partial charge in [-0.3, -0.25) is 9.59 Å². The van der Waals surface area contributed by atoms with Crippen LogP contribution in [0.1, 0.15) is 37.1 Å². The highest BCUT2D eigenvalue weighted by molar-refractivity contribution is 7.09. The SMILES string of the molecule is N#Cc1ncc(C(=O)NCc2ccc(C(=O)NCc3nccs3)cc2)cn1. The van der Waals surface area contributed by atoms with Crippen LogP contribution < -0.4 is 10.6 Å². The van der Waals surface area contributed by atoms with Crippen molar-refractivity contribution in [2.45, 2.75) is 13.1 Å². The number of carbonyl (C=O) groups is 2. The van der Waals surface area contributed by atoms with Crippen molar-refractivity contribution >= 4 is 23.2 Å². The van der Waals surface area contributed by atoms with Gasteiger partial charge in [0.25, 0.3) is 11.8 Å². The van der Waals surface area contributed by atoms with Crippen molar-refractivity contribution in [1.82, 2.24) is 25.6 Å². The zero-order chi connectivity index (χ0) is 19.1. The van der Waals surface area contributed by atoms with Gasteiger partial charge in [-0.2, -0.15) is 5.26 Å². The molecule has 0 fully saturated rings. The maximum Gasteiger partial charge on any atom is 0.254 e. The van der Waals surface area contributed by atoms with Crippen LogP contribution in [0.2, 0.25) is 0 Å². The molecule has 9 heteroatoms. The molecule has 2 amide bonds. The van der Waals surface area contributed by atoms with Crippen LogP contribution in [0.5, 0.6) is 0 Å². The molecule has 2 aromatic heterocycles. The number of aromatic nitrogens is 3. The molecule has 0 radical (unpaired) electrons. The molecule has 0 aliphatic heterocycles. The van der Waals surface area contributed by atoms with Gasteiger partial charge in [-0.25, -0.2) is 15.0 Å². The molecule has 27 heavy (non-hydrogen) atoms. The summed E-state index contributed by atoms with van der Waals surface area (Å²) in [6.07, 6.45) is 4.30. The molecule has 0 saturated heterocycles. The van der Waals surface area contributed by atoms with Gasteiger partial charge in [0.05, 0.1) is 12.1 Å². The zero-order valence-corrected chi connectivity index (χ0v) is 14.9. The Bertz CT molecular complexity index is 963. The predicted molar refractivity (Wildman–Crippen MR) is 97.6 cm³/mol. The molecule has 3 aromatic rings. The first-order valence-electron chi connectivity index (χ1n) is 7.91. The number of benzene rings is 1. The molecule has 0 aliphatic carbocycles. The predicted octanol–water partition coefficient (Wildman–Crippen LogP) is 1.66. The van der Waals surface area contributed by atoms with Crippen molar-refractivity contribution in [2.75, 3.05) is 0 Å². The van der Waals surface area contributed by atoms with E-state index in [1.54, 1.807) is 36.5 Å². The van der Waals surface area contributed by atoms with Crippen LogP contribution in [0.4, 0.5) is 0 Å². The molecule has 0 spiro atoms. The second kappa shape index (κ2) is 8.64. The van der Waals surface area contributed by atoms with E-state index in [1.165, 1.54) is 23.7 Å². The van der Waals surface area contributed by atoms with Crippen LogP contribution in [-0.4, -0.2) is 26.8 Å². The van der Waals surface area contributed by atoms with Gasteiger partial charge in [-0.15, -0.1) is 11.3 Å². The van der Waals surface area contributed by atoms with E-state index in [0.717, 1.165) is 10.6 Å². The summed E-state index contributed by atoms with van der Waals surface area (Å²) in [5, 5.41) is 16.9. The molecule has 0 aliphatic rings. The van der Waals surface area contributed by atoms with Gasteiger partial charge >= 0.3 is 0 Å². The lowest BCUT2D eigenvalue weighted by Gasteiger charge is -2.07. The lowest BCUT2D eigenvalue weighted by molar-refractivity contribution is 0.0941. The molecule has 2 N–H and O–H groups in total. The summed E-state index contributed by atoms with van der Waals surface area (Å²) < 4.78 is 0. The lowest BCUT2D eigenvalue weighted by Crippen LogP contribution is -2.24. The topological polar surface area (TPSA) is 121 Å². The Morgan fingerprint density at radius 2 is 1.63 bits per heavy atom. The minimum absolute atomic E-state index is 0.00951. The Labute approximate surface area is 158 Å². The first-order chi connectivity index (χ1) is 13.2. The van der Waals surface area contributed by atoms with Crippen LogP contribution in [-0.2, 0) is 13.1 Å². The first kappa shape index (κ1) is 18.2. The van der Waals surface area contributed by atoms with E-state index in [1.807, 2.05) is 5.38 Å². The van der Waals surface area contributed by atoms with Crippen LogP contribution in [0.15, 0.2) is 48.2 Å². The summed E-state index contributed by atoms with van der Waals surface area (Å²) in [7, 11) is 0. The van der Waals surface area contributed by atoms with E-state index >= 15 is 0 Å². The summed E-state index contributed by atoms with van der Waals surface area (Å²) in [5.74, 6) is -0.518. The third-order valence-electron chi connectivity index (χ3n) is 3.57. The molecule has 0 saturated carbocycles. The first-order valence-corrected chi connectivity index (χ1v) is 8.79. The average molecular weight is 378 g/mol. The summed E-state index contributed by atoms with van der Waals surface area (Å²) in [6, 6.07) is 8.73. The van der Waals surface area contributed by atoms with Gasteiger partial charge in [0.15, 0.2) is 0 Å². The van der Waals surface area contributed by atoms with Crippen LogP contribution in [0, 0.1) is 11.3 Å². The Kier molecular flexibility index (Phi) is 5.81. The largest absolute Gasteiger partial charge is 0.348 e. The van der Waals surface area contributed by atoms with E-state index in [2.05, 4.69) is 25.6 Å². The fourth-order valence-electron chi connectivity index (χ4n) is 2.16. The second-order valence-electron chi connectivity index (χ2n) is 5.40. The van der Waals surface area contributed by atoms with Gasteiger partial charge in [0.1, 0.15) is 11.1 Å². The molecule has 0 bridgehead atoms. The molecule has 2 heterocycles. The fourth-order valence-corrected chi connectivity index (χ4v) is 2.72. The molecule has 8 nitrogen and oxygen atoms in total. The number of hydrogen-bond donors (Lipinski definition) is 2. The summed E-state index contributed by atoms with van der Waals surface area (Å²) in [6.45, 7) is 0.681. The van der Waals surface area contributed by atoms with E-state index in [4.69, 9.17) is 5.26 Å². The Hall–Kier alpha value is -3.64. The van der Waals surface area contributed by atoms with Crippen LogP contribution in [0.25, 0.3) is 0 Å². The molecule has 0 unspecified atom stereocenters. The highest BCUT2D eigenvalue weighted by atomic mass is 32.1.